The number of carbonyl (C=O) groups excluding carboxylic acids is 1. The predicted octanol–water partition coefficient (Wildman–Crippen LogP) is 3.48. The minimum Gasteiger partial charge on any atom is -0.506 e. The Morgan fingerprint density at radius 2 is 2.00 bits per heavy atom. The summed E-state index contributed by atoms with van der Waals surface area (Å²) in [5.41, 5.74) is 1.02. The van der Waals surface area contributed by atoms with Gasteiger partial charge in [-0.3, -0.25) is 9.78 Å². The topological polar surface area (TPSA) is 53.4 Å². The third-order valence-corrected chi connectivity index (χ3v) is 4.02. The number of phenols is 1. The minimum atomic E-state index is -0.618. The van der Waals surface area contributed by atoms with Crippen LogP contribution >= 0.6 is 11.6 Å². The molecular weight excluding hydrogens is 307 g/mol. The van der Waals surface area contributed by atoms with Crippen LogP contribution in [0.25, 0.3) is 11.3 Å². The maximum Gasteiger partial charge on any atom is 0.255 e. The van der Waals surface area contributed by atoms with Gasteiger partial charge in [-0.05, 0) is 31.0 Å². The minimum absolute atomic E-state index is 0.0513. The molecule has 1 N–H and O–H groups in total. The van der Waals surface area contributed by atoms with E-state index >= 15 is 0 Å². The van der Waals surface area contributed by atoms with E-state index in [1.165, 1.54) is 12.3 Å². The van der Waals surface area contributed by atoms with Gasteiger partial charge < -0.3 is 10.0 Å². The number of aromatic nitrogens is 1. The molecule has 2 aromatic rings. The molecule has 1 aromatic heterocycles. The monoisotopic (exact) mass is 320 g/mol. The molecule has 0 radical (unpaired) electrons. The van der Waals surface area contributed by atoms with Gasteiger partial charge in [0.2, 0.25) is 0 Å². The number of phenolic OH excluding ortho intramolecular Hbond substituents is 1. The highest BCUT2D eigenvalue weighted by Gasteiger charge is 2.20. The maximum absolute atomic E-state index is 13.9. The fourth-order valence-electron chi connectivity index (χ4n) is 2.52. The molecule has 1 aliphatic heterocycles. The Kier molecular flexibility index (Phi) is 3.98. The smallest absolute Gasteiger partial charge is 0.255 e. The summed E-state index contributed by atoms with van der Waals surface area (Å²) >= 11 is 5.80. The lowest BCUT2D eigenvalue weighted by molar-refractivity contribution is 0.0792. The van der Waals surface area contributed by atoms with Crippen molar-refractivity contribution in [2.24, 2.45) is 0 Å². The van der Waals surface area contributed by atoms with Crippen molar-refractivity contribution in [2.75, 3.05) is 13.1 Å². The van der Waals surface area contributed by atoms with Gasteiger partial charge in [0.15, 0.2) is 0 Å². The molecule has 0 spiro atoms. The SMILES string of the molecule is O=C(c1ccc(-c2cc(Cl)c(O)cc2F)nc1)N1CCCC1. The van der Waals surface area contributed by atoms with Gasteiger partial charge in [0.1, 0.15) is 11.6 Å². The van der Waals surface area contributed by atoms with Gasteiger partial charge in [-0.15, -0.1) is 0 Å². The van der Waals surface area contributed by atoms with Crippen molar-refractivity contribution < 1.29 is 14.3 Å². The van der Waals surface area contributed by atoms with Gasteiger partial charge in [0.05, 0.1) is 16.3 Å². The molecule has 114 valence electrons. The van der Waals surface area contributed by atoms with E-state index in [-0.39, 0.29) is 22.2 Å². The Hall–Kier alpha value is -2.14. The lowest BCUT2D eigenvalue weighted by atomic mass is 10.1. The van der Waals surface area contributed by atoms with Crippen LogP contribution in [0.4, 0.5) is 4.39 Å². The van der Waals surface area contributed by atoms with Crippen molar-refractivity contribution in [2.45, 2.75) is 12.8 Å². The summed E-state index contributed by atoms with van der Waals surface area (Å²) in [6.45, 7) is 1.53. The second-order valence-corrected chi connectivity index (χ2v) is 5.62. The van der Waals surface area contributed by atoms with Crippen LogP contribution in [0.3, 0.4) is 0 Å². The van der Waals surface area contributed by atoms with Crippen LogP contribution in [0.1, 0.15) is 23.2 Å². The number of benzene rings is 1. The van der Waals surface area contributed by atoms with Crippen molar-refractivity contribution in [3.05, 3.63) is 46.9 Å². The molecule has 0 bridgehead atoms. The fourth-order valence-corrected chi connectivity index (χ4v) is 2.68. The third kappa shape index (κ3) is 2.76. The number of halogens is 2. The number of pyridine rings is 1. The van der Waals surface area contributed by atoms with Crippen molar-refractivity contribution >= 4 is 17.5 Å². The van der Waals surface area contributed by atoms with E-state index in [1.807, 2.05) is 0 Å². The normalized spacial score (nSPS) is 14.4. The van der Waals surface area contributed by atoms with E-state index in [9.17, 15) is 14.3 Å². The van der Waals surface area contributed by atoms with E-state index in [0.717, 1.165) is 32.0 Å². The van der Waals surface area contributed by atoms with Crippen LogP contribution < -0.4 is 0 Å². The highest BCUT2D eigenvalue weighted by Crippen LogP contribution is 2.31. The van der Waals surface area contributed by atoms with Crippen LogP contribution in [0.2, 0.25) is 5.02 Å². The summed E-state index contributed by atoms with van der Waals surface area (Å²) in [4.78, 5) is 18.1. The molecule has 1 aliphatic rings. The van der Waals surface area contributed by atoms with Crippen LogP contribution in [0.5, 0.6) is 5.75 Å². The van der Waals surface area contributed by atoms with Gasteiger partial charge in [0, 0.05) is 30.9 Å². The van der Waals surface area contributed by atoms with Crippen molar-refractivity contribution in [3.8, 4) is 17.0 Å². The third-order valence-electron chi connectivity index (χ3n) is 3.72. The number of hydrogen-bond acceptors (Lipinski definition) is 3. The number of nitrogens with zero attached hydrogens (tertiary/aromatic N) is 2. The second kappa shape index (κ2) is 5.93. The summed E-state index contributed by atoms with van der Waals surface area (Å²) < 4.78 is 13.9. The first-order chi connectivity index (χ1) is 10.6. The molecule has 1 aromatic carbocycles. The van der Waals surface area contributed by atoms with Crippen LogP contribution in [-0.4, -0.2) is 34.0 Å². The first-order valence-corrected chi connectivity index (χ1v) is 7.38. The van der Waals surface area contributed by atoms with E-state index in [2.05, 4.69) is 4.98 Å². The Balaban J connectivity index is 1.88. The fraction of sp³-hybridized carbons (Fsp3) is 0.250. The Bertz CT molecular complexity index is 713. The average molecular weight is 321 g/mol. The summed E-state index contributed by atoms with van der Waals surface area (Å²) in [5, 5.41) is 9.42. The highest BCUT2D eigenvalue weighted by atomic mass is 35.5. The zero-order valence-electron chi connectivity index (χ0n) is 11.7. The molecule has 0 aliphatic carbocycles. The number of aromatic hydroxyl groups is 1. The largest absolute Gasteiger partial charge is 0.506 e. The molecule has 0 saturated carbocycles. The summed E-state index contributed by atoms with van der Waals surface area (Å²) in [6.07, 6.45) is 3.49. The van der Waals surface area contributed by atoms with E-state index < -0.39 is 5.82 Å². The highest BCUT2D eigenvalue weighted by molar-refractivity contribution is 6.32. The molecule has 4 nitrogen and oxygen atoms in total. The maximum atomic E-state index is 13.9. The van der Waals surface area contributed by atoms with Crippen LogP contribution in [-0.2, 0) is 0 Å². The van der Waals surface area contributed by atoms with Crippen molar-refractivity contribution in [1.29, 1.82) is 0 Å². The number of amides is 1. The number of likely N-dealkylation sites (tertiary alicyclic amines) is 1. The number of hydrogen-bond donors (Lipinski definition) is 1. The van der Waals surface area contributed by atoms with E-state index in [0.29, 0.717) is 11.3 Å². The average Bonchev–Trinajstić information content (AvgIpc) is 3.05. The Morgan fingerprint density at radius 1 is 1.27 bits per heavy atom. The second-order valence-electron chi connectivity index (χ2n) is 5.21. The Labute approximate surface area is 132 Å². The molecule has 22 heavy (non-hydrogen) atoms. The summed E-state index contributed by atoms with van der Waals surface area (Å²) in [5.74, 6) is -0.988. The molecule has 1 amide bonds. The van der Waals surface area contributed by atoms with Gasteiger partial charge in [-0.25, -0.2) is 4.39 Å². The lowest BCUT2D eigenvalue weighted by Gasteiger charge is -2.15. The molecule has 1 saturated heterocycles. The molecule has 2 heterocycles. The van der Waals surface area contributed by atoms with Crippen LogP contribution in [0.15, 0.2) is 30.5 Å². The summed E-state index contributed by atoms with van der Waals surface area (Å²) in [6, 6.07) is 5.47. The van der Waals surface area contributed by atoms with Crippen molar-refractivity contribution in [3.63, 3.8) is 0 Å². The van der Waals surface area contributed by atoms with E-state index in [4.69, 9.17) is 11.6 Å². The molecule has 6 heteroatoms. The van der Waals surface area contributed by atoms with Gasteiger partial charge in [0.25, 0.3) is 5.91 Å². The van der Waals surface area contributed by atoms with E-state index in [1.54, 1.807) is 17.0 Å². The van der Waals surface area contributed by atoms with Gasteiger partial charge in [-0.1, -0.05) is 11.6 Å². The molecule has 3 rings (SSSR count). The van der Waals surface area contributed by atoms with Gasteiger partial charge in [-0.2, -0.15) is 0 Å². The predicted molar refractivity (Wildman–Crippen MR) is 81.4 cm³/mol. The molecule has 1 fully saturated rings. The lowest BCUT2D eigenvalue weighted by Crippen LogP contribution is -2.27. The first-order valence-electron chi connectivity index (χ1n) is 7.00. The number of carbonyl (C=O) groups is 1. The number of rotatable bonds is 2. The quantitative estimate of drug-likeness (QED) is 0.921. The standard InChI is InChI=1S/C16H14ClFN2O2/c17-12-7-11(13(18)8-15(12)21)14-4-3-10(9-19-14)16(22)20-5-1-2-6-20/h3-4,7-9,21H,1-2,5-6H2. The first kappa shape index (κ1) is 14.8. The zero-order chi connectivity index (χ0) is 15.7. The molecular formula is C16H14ClFN2O2. The molecule has 0 atom stereocenters. The Morgan fingerprint density at radius 3 is 2.64 bits per heavy atom. The zero-order valence-corrected chi connectivity index (χ0v) is 12.5. The van der Waals surface area contributed by atoms with Crippen molar-refractivity contribution in [1.82, 2.24) is 9.88 Å². The molecule has 0 unspecified atom stereocenters. The van der Waals surface area contributed by atoms with Gasteiger partial charge >= 0.3 is 0 Å². The van der Waals surface area contributed by atoms with Crippen LogP contribution in [0, 0.1) is 5.82 Å². The summed E-state index contributed by atoms with van der Waals surface area (Å²) in [7, 11) is 0.